The van der Waals surface area contributed by atoms with Crippen molar-refractivity contribution in [3.05, 3.63) is 35.7 Å². The van der Waals surface area contributed by atoms with E-state index in [1.54, 1.807) is 0 Å². The molecule has 4 nitrogen and oxygen atoms in total. The van der Waals surface area contributed by atoms with E-state index in [0.717, 1.165) is 16.6 Å². The highest BCUT2D eigenvalue weighted by molar-refractivity contribution is 7.09. The van der Waals surface area contributed by atoms with Crippen molar-refractivity contribution in [1.29, 1.82) is 0 Å². The summed E-state index contributed by atoms with van der Waals surface area (Å²) in [5, 5.41) is 4.15. The van der Waals surface area contributed by atoms with Crippen molar-refractivity contribution >= 4 is 22.4 Å². The van der Waals surface area contributed by atoms with Crippen molar-refractivity contribution in [1.82, 2.24) is 9.36 Å². The highest BCUT2D eigenvalue weighted by atomic mass is 32.1. The van der Waals surface area contributed by atoms with Crippen LogP contribution in [0, 0.1) is 6.92 Å². The zero-order valence-electron chi connectivity index (χ0n) is 9.27. The summed E-state index contributed by atoms with van der Waals surface area (Å²) in [6.45, 7) is 3.97. The Morgan fingerprint density at radius 3 is 2.56 bits per heavy atom. The van der Waals surface area contributed by atoms with Crippen LogP contribution in [0.3, 0.4) is 0 Å². The Labute approximate surface area is 98.7 Å². The number of nitrogen functional groups attached to an aromatic ring is 1. The van der Waals surface area contributed by atoms with Crippen LogP contribution in [0.15, 0.2) is 24.3 Å². The maximum absolute atomic E-state index is 5.64. The molecule has 1 atom stereocenters. The van der Waals surface area contributed by atoms with E-state index in [9.17, 15) is 0 Å². The number of nitrogens with one attached hydrogen (secondary N) is 1. The summed E-state index contributed by atoms with van der Waals surface area (Å²) in [5.74, 6) is 0.803. The summed E-state index contributed by atoms with van der Waals surface area (Å²) in [6, 6.07) is 8.03. The third kappa shape index (κ3) is 2.49. The second-order valence-corrected chi connectivity index (χ2v) is 4.43. The number of anilines is 2. The van der Waals surface area contributed by atoms with E-state index >= 15 is 0 Å². The molecule has 5 heteroatoms. The van der Waals surface area contributed by atoms with Gasteiger partial charge in [0.25, 0.3) is 0 Å². The number of nitrogens with zero attached hydrogens (tertiary/aromatic N) is 2. The van der Waals surface area contributed by atoms with E-state index < -0.39 is 0 Å². The van der Waals surface area contributed by atoms with E-state index in [2.05, 4.69) is 21.6 Å². The van der Waals surface area contributed by atoms with E-state index in [-0.39, 0.29) is 6.04 Å². The van der Waals surface area contributed by atoms with Crippen LogP contribution in [-0.2, 0) is 0 Å². The number of aryl methyl sites for hydroxylation is 1. The van der Waals surface area contributed by atoms with Crippen LogP contribution in [-0.4, -0.2) is 9.36 Å². The summed E-state index contributed by atoms with van der Waals surface area (Å²) in [7, 11) is 0. The molecule has 1 aromatic heterocycles. The average molecular weight is 234 g/mol. The molecular formula is C11H14N4S. The van der Waals surface area contributed by atoms with Crippen LogP contribution in [0.4, 0.5) is 10.8 Å². The first kappa shape index (κ1) is 10.9. The summed E-state index contributed by atoms with van der Waals surface area (Å²) >= 11 is 1.38. The second kappa shape index (κ2) is 4.49. The fourth-order valence-electron chi connectivity index (χ4n) is 1.41. The summed E-state index contributed by atoms with van der Waals surface area (Å²) in [4.78, 5) is 4.27. The zero-order chi connectivity index (χ0) is 11.5. The number of rotatable bonds is 3. The third-order valence-corrected chi connectivity index (χ3v) is 3.04. The number of aromatic nitrogens is 2. The Morgan fingerprint density at radius 1 is 1.31 bits per heavy atom. The molecule has 0 radical (unpaired) electrons. The van der Waals surface area contributed by atoms with Gasteiger partial charge in [0.2, 0.25) is 5.13 Å². The lowest BCUT2D eigenvalue weighted by atomic mass is 10.1. The monoisotopic (exact) mass is 234 g/mol. The minimum atomic E-state index is 0.202. The predicted molar refractivity (Wildman–Crippen MR) is 67.5 cm³/mol. The lowest BCUT2D eigenvalue weighted by molar-refractivity contribution is 0.880. The van der Waals surface area contributed by atoms with E-state index in [4.69, 9.17) is 5.73 Å². The molecule has 0 fully saturated rings. The zero-order valence-corrected chi connectivity index (χ0v) is 10.1. The molecule has 0 spiro atoms. The number of hydrogen-bond donors (Lipinski definition) is 2. The van der Waals surface area contributed by atoms with Crippen molar-refractivity contribution in [2.75, 3.05) is 11.1 Å². The Morgan fingerprint density at radius 2 is 2.00 bits per heavy atom. The molecule has 0 amide bonds. The minimum absolute atomic E-state index is 0.202. The Hall–Kier alpha value is -1.62. The largest absolute Gasteiger partial charge is 0.399 e. The fourth-order valence-corrected chi connectivity index (χ4v) is 2.07. The van der Waals surface area contributed by atoms with Gasteiger partial charge in [-0.25, -0.2) is 4.98 Å². The molecule has 16 heavy (non-hydrogen) atoms. The highest BCUT2D eigenvalue weighted by Gasteiger charge is 2.07. The van der Waals surface area contributed by atoms with Gasteiger partial charge in [0, 0.05) is 17.2 Å². The molecule has 0 aliphatic rings. The van der Waals surface area contributed by atoms with E-state index in [1.807, 2.05) is 31.2 Å². The Bertz CT molecular complexity index is 463. The quantitative estimate of drug-likeness (QED) is 0.801. The van der Waals surface area contributed by atoms with E-state index in [1.165, 1.54) is 17.1 Å². The molecule has 1 heterocycles. The highest BCUT2D eigenvalue weighted by Crippen LogP contribution is 2.21. The number of hydrogen-bond acceptors (Lipinski definition) is 5. The van der Waals surface area contributed by atoms with Gasteiger partial charge in [-0.05, 0) is 31.5 Å². The number of benzene rings is 1. The molecule has 0 aliphatic heterocycles. The lowest BCUT2D eigenvalue weighted by Gasteiger charge is -2.12. The van der Waals surface area contributed by atoms with Crippen LogP contribution in [0.2, 0.25) is 0 Å². The van der Waals surface area contributed by atoms with Crippen LogP contribution in [0.1, 0.15) is 24.4 Å². The smallest absolute Gasteiger partial charge is 0.203 e. The topological polar surface area (TPSA) is 63.8 Å². The Balaban J connectivity index is 2.08. The molecule has 84 valence electrons. The summed E-state index contributed by atoms with van der Waals surface area (Å²) < 4.78 is 4.13. The molecule has 0 bridgehead atoms. The van der Waals surface area contributed by atoms with Crippen molar-refractivity contribution in [2.24, 2.45) is 0 Å². The van der Waals surface area contributed by atoms with Gasteiger partial charge in [-0.15, -0.1) is 0 Å². The summed E-state index contributed by atoms with van der Waals surface area (Å²) in [6.07, 6.45) is 0. The second-order valence-electron chi connectivity index (χ2n) is 3.68. The molecule has 3 N–H and O–H groups in total. The third-order valence-electron chi connectivity index (χ3n) is 2.30. The van der Waals surface area contributed by atoms with Crippen molar-refractivity contribution in [3.8, 4) is 0 Å². The van der Waals surface area contributed by atoms with Gasteiger partial charge in [-0.3, -0.25) is 0 Å². The van der Waals surface area contributed by atoms with Gasteiger partial charge in [0.1, 0.15) is 5.82 Å². The van der Waals surface area contributed by atoms with Gasteiger partial charge in [-0.1, -0.05) is 12.1 Å². The van der Waals surface area contributed by atoms with Gasteiger partial charge < -0.3 is 11.1 Å². The lowest BCUT2D eigenvalue weighted by Crippen LogP contribution is -2.06. The first-order chi connectivity index (χ1) is 7.65. The Kier molecular flexibility index (Phi) is 3.05. The average Bonchev–Trinajstić information content (AvgIpc) is 2.65. The van der Waals surface area contributed by atoms with Crippen LogP contribution < -0.4 is 11.1 Å². The predicted octanol–water partition coefficient (Wildman–Crippen LogP) is 2.60. The molecule has 2 aromatic rings. The molecule has 0 saturated heterocycles. The van der Waals surface area contributed by atoms with Gasteiger partial charge in [0.15, 0.2) is 0 Å². The van der Waals surface area contributed by atoms with Gasteiger partial charge in [0.05, 0.1) is 6.04 Å². The van der Waals surface area contributed by atoms with Crippen LogP contribution in [0.25, 0.3) is 0 Å². The minimum Gasteiger partial charge on any atom is -0.399 e. The maximum Gasteiger partial charge on any atom is 0.203 e. The van der Waals surface area contributed by atoms with Crippen LogP contribution >= 0.6 is 11.5 Å². The maximum atomic E-state index is 5.64. The molecule has 1 unspecified atom stereocenters. The van der Waals surface area contributed by atoms with Crippen molar-refractivity contribution < 1.29 is 0 Å². The molecule has 0 saturated carbocycles. The van der Waals surface area contributed by atoms with E-state index in [0.29, 0.717) is 0 Å². The summed E-state index contributed by atoms with van der Waals surface area (Å²) in [5.41, 5.74) is 7.60. The molecule has 1 aromatic carbocycles. The SMILES string of the molecule is Cc1nsc(NC(C)c2ccc(N)cc2)n1. The number of nitrogens with two attached hydrogens (primary N) is 1. The standard InChI is InChI=1S/C11H14N4S/c1-7(9-3-5-10(12)6-4-9)13-11-14-8(2)15-16-11/h3-7H,12H2,1-2H3,(H,13,14,15). The normalized spacial score (nSPS) is 12.4. The fraction of sp³-hybridized carbons (Fsp3) is 0.273. The van der Waals surface area contributed by atoms with Gasteiger partial charge >= 0.3 is 0 Å². The van der Waals surface area contributed by atoms with Crippen molar-refractivity contribution in [2.45, 2.75) is 19.9 Å². The van der Waals surface area contributed by atoms with Gasteiger partial charge in [-0.2, -0.15) is 4.37 Å². The molecule has 0 aliphatic carbocycles. The first-order valence-electron chi connectivity index (χ1n) is 5.07. The molecular weight excluding hydrogens is 220 g/mol. The first-order valence-corrected chi connectivity index (χ1v) is 5.85. The molecule has 2 rings (SSSR count). The van der Waals surface area contributed by atoms with Crippen molar-refractivity contribution in [3.63, 3.8) is 0 Å². The van der Waals surface area contributed by atoms with Crippen LogP contribution in [0.5, 0.6) is 0 Å².